The Kier molecular flexibility index (Phi) is 4.63. The van der Waals surface area contributed by atoms with E-state index in [9.17, 15) is 0 Å². The van der Waals surface area contributed by atoms with E-state index in [1.165, 1.54) is 27.5 Å². The number of aryl methyl sites for hydroxylation is 1. The Balaban J connectivity index is 1.35. The first-order chi connectivity index (χ1) is 13.9. The van der Waals surface area contributed by atoms with E-state index in [-0.39, 0.29) is 0 Å². The van der Waals surface area contributed by atoms with Crippen molar-refractivity contribution >= 4 is 10.8 Å². The van der Waals surface area contributed by atoms with Gasteiger partial charge in [-0.05, 0) is 41.8 Å². The summed E-state index contributed by atoms with van der Waals surface area (Å²) in [7, 11) is 0. The number of pyridine rings is 1. The molecule has 2 aromatic carbocycles. The number of nitrogens with zero attached hydrogens (tertiary/aromatic N) is 3. The summed E-state index contributed by atoms with van der Waals surface area (Å²) < 4.78 is 5.73. The van der Waals surface area contributed by atoms with Crippen molar-refractivity contribution in [2.45, 2.75) is 25.8 Å². The van der Waals surface area contributed by atoms with Gasteiger partial charge < -0.3 is 4.52 Å². The monoisotopic (exact) mass is 369 g/mol. The van der Waals surface area contributed by atoms with Gasteiger partial charge in [-0.15, -0.1) is 0 Å². The van der Waals surface area contributed by atoms with E-state index in [4.69, 9.17) is 4.52 Å². The molecule has 0 saturated carbocycles. The van der Waals surface area contributed by atoms with E-state index in [1.54, 1.807) is 0 Å². The minimum absolute atomic E-state index is 0.907. The Morgan fingerprint density at radius 2 is 1.93 bits per heavy atom. The molecule has 4 nitrogen and oxygen atoms in total. The van der Waals surface area contributed by atoms with Gasteiger partial charge in [-0.25, -0.2) is 0 Å². The molecule has 28 heavy (non-hydrogen) atoms. The smallest absolute Gasteiger partial charge is 0.143 e. The van der Waals surface area contributed by atoms with E-state index in [1.807, 2.05) is 18.5 Å². The van der Waals surface area contributed by atoms with Gasteiger partial charge in [0.15, 0.2) is 0 Å². The van der Waals surface area contributed by atoms with Gasteiger partial charge in [0, 0.05) is 43.0 Å². The zero-order chi connectivity index (χ0) is 18.8. The van der Waals surface area contributed by atoms with Crippen molar-refractivity contribution in [3.8, 4) is 11.3 Å². The van der Waals surface area contributed by atoms with Crippen LogP contribution in [0.15, 0.2) is 71.5 Å². The normalized spacial score (nSPS) is 14.3. The molecule has 3 heterocycles. The summed E-state index contributed by atoms with van der Waals surface area (Å²) in [6.45, 7) is 3.02. The predicted octanol–water partition coefficient (Wildman–Crippen LogP) is 4.88. The van der Waals surface area contributed by atoms with Crippen molar-refractivity contribution in [2.75, 3.05) is 13.1 Å². The maximum absolute atomic E-state index is 5.73. The second kappa shape index (κ2) is 7.56. The van der Waals surface area contributed by atoms with Gasteiger partial charge in [0.1, 0.15) is 11.5 Å². The molecular weight excluding hydrogens is 346 g/mol. The first-order valence-corrected chi connectivity index (χ1v) is 9.95. The summed E-state index contributed by atoms with van der Waals surface area (Å²) >= 11 is 0. The number of rotatable bonds is 5. The molecule has 140 valence electrons. The standard InChI is InChI=1S/C24H23N3O/c1-2-10-20-19(8-1)9-3-11-21(20)24-22-17-27(15-12-23(22)28-26-24)14-5-7-18-6-4-13-25-16-18/h1-4,6,8-11,13,16H,5,7,12,14-15,17H2. The fourth-order valence-electron chi connectivity index (χ4n) is 4.15. The SMILES string of the molecule is c1cncc(CCCN2CCc3onc(-c4cccc5ccccc45)c3C2)c1. The molecule has 0 fully saturated rings. The molecule has 0 bridgehead atoms. The molecule has 4 aromatic rings. The third-order valence-corrected chi connectivity index (χ3v) is 5.61. The van der Waals surface area contributed by atoms with E-state index in [0.717, 1.165) is 50.4 Å². The lowest BCUT2D eigenvalue weighted by atomic mass is 9.97. The predicted molar refractivity (Wildman–Crippen MR) is 111 cm³/mol. The zero-order valence-electron chi connectivity index (χ0n) is 15.8. The molecule has 0 atom stereocenters. The zero-order valence-corrected chi connectivity index (χ0v) is 15.8. The van der Waals surface area contributed by atoms with Crippen LogP contribution >= 0.6 is 0 Å². The molecule has 0 radical (unpaired) electrons. The van der Waals surface area contributed by atoms with E-state index in [2.05, 4.69) is 63.6 Å². The van der Waals surface area contributed by atoms with E-state index < -0.39 is 0 Å². The van der Waals surface area contributed by atoms with Gasteiger partial charge in [0.05, 0.1) is 0 Å². The lowest BCUT2D eigenvalue weighted by Crippen LogP contribution is -2.31. The van der Waals surface area contributed by atoms with Crippen LogP contribution in [0.5, 0.6) is 0 Å². The molecule has 1 aliphatic heterocycles. The molecule has 0 aliphatic carbocycles. The lowest BCUT2D eigenvalue weighted by molar-refractivity contribution is 0.234. The van der Waals surface area contributed by atoms with Gasteiger partial charge in [0.2, 0.25) is 0 Å². The summed E-state index contributed by atoms with van der Waals surface area (Å²) in [6.07, 6.45) is 6.93. The Bertz CT molecular complexity index is 1080. The Hall–Kier alpha value is -2.98. The largest absolute Gasteiger partial charge is 0.360 e. The summed E-state index contributed by atoms with van der Waals surface area (Å²) in [6, 6.07) is 19.1. The van der Waals surface area contributed by atoms with Crippen molar-refractivity contribution in [1.82, 2.24) is 15.0 Å². The van der Waals surface area contributed by atoms with Gasteiger partial charge >= 0.3 is 0 Å². The molecule has 0 saturated heterocycles. The highest BCUT2D eigenvalue weighted by Gasteiger charge is 2.25. The minimum Gasteiger partial charge on any atom is -0.360 e. The second-order valence-electron chi connectivity index (χ2n) is 7.45. The minimum atomic E-state index is 0.907. The third-order valence-electron chi connectivity index (χ3n) is 5.61. The number of hydrogen-bond acceptors (Lipinski definition) is 4. The Labute approximate surface area is 164 Å². The summed E-state index contributed by atoms with van der Waals surface area (Å²) in [5.41, 5.74) is 4.73. The van der Waals surface area contributed by atoms with Crippen LogP contribution in [0, 0.1) is 0 Å². The van der Waals surface area contributed by atoms with Crippen molar-refractivity contribution in [3.63, 3.8) is 0 Å². The van der Waals surface area contributed by atoms with Crippen molar-refractivity contribution in [3.05, 3.63) is 83.9 Å². The van der Waals surface area contributed by atoms with Gasteiger partial charge in [-0.3, -0.25) is 9.88 Å². The Morgan fingerprint density at radius 1 is 1.00 bits per heavy atom. The van der Waals surface area contributed by atoms with Crippen LogP contribution < -0.4 is 0 Å². The van der Waals surface area contributed by atoms with Crippen LogP contribution in [-0.2, 0) is 19.4 Å². The lowest BCUT2D eigenvalue weighted by Gasteiger charge is -2.26. The number of fused-ring (bicyclic) bond motifs is 2. The number of aromatic nitrogens is 2. The van der Waals surface area contributed by atoms with Gasteiger partial charge in [0.25, 0.3) is 0 Å². The molecule has 5 rings (SSSR count). The first-order valence-electron chi connectivity index (χ1n) is 9.95. The van der Waals surface area contributed by atoms with Crippen molar-refractivity contribution < 1.29 is 4.52 Å². The number of hydrogen-bond donors (Lipinski definition) is 0. The molecule has 1 aliphatic rings. The number of benzene rings is 2. The van der Waals surface area contributed by atoms with Gasteiger partial charge in [-0.2, -0.15) is 0 Å². The Morgan fingerprint density at radius 3 is 2.86 bits per heavy atom. The summed E-state index contributed by atoms with van der Waals surface area (Å²) in [5.74, 6) is 1.05. The molecule has 0 N–H and O–H groups in total. The molecule has 4 heteroatoms. The van der Waals surface area contributed by atoms with Crippen molar-refractivity contribution in [2.24, 2.45) is 0 Å². The van der Waals surface area contributed by atoms with E-state index in [0.29, 0.717) is 0 Å². The van der Waals surface area contributed by atoms with Crippen LogP contribution in [0.25, 0.3) is 22.0 Å². The van der Waals surface area contributed by atoms with Crippen molar-refractivity contribution in [1.29, 1.82) is 0 Å². The van der Waals surface area contributed by atoms with Crippen LogP contribution in [0.1, 0.15) is 23.3 Å². The maximum Gasteiger partial charge on any atom is 0.143 e. The molecular formula is C24H23N3O. The third kappa shape index (κ3) is 3.32. The average Bonchev–Trinajstić information content (AvgIpc) is 3.17. The van der Waals surface area contributed by atoms with Gasteiger partial charge in [-0.1, -0.05) is 53.7 Å². The molecule has 0 spiro atoms. The molecule has 0 unspecified atom stereocenters. The van der Waals surface area contributed by atoms with Crippen LogP contribution in [0.4, 0.5) is 0 Å². The second-order valence-corrected chi connectivity index (χ2v) is 7.45. The first kappa shape index (κ1) is 17.1. The highest BCUT2D eigenvalue weighted by atomic mass is 16.5. The fraction of sp³-hybridized carbons (Fsp3) is 0.250. The molecule has 0 amide bonds. The highest BCUT2D eigenvalue weighted by Crippen LogP contribution is 2.34. The average molecular weight is 369 g/mol. The highest BCUT2D eigenvalue weighted by molar-refractivity contribution is 5.96. The van der Waals surface area contributed by atoms with Crippen LogP contribution in [0.3, 0.4) is 0 Å². The summed E-state index contributed by atoms with van der Waals surface area (Å²) in [4.78, 5) is 6.73. The molecule has 2 aromatic heterocycles. The topological polar surface area (TPSA) is 42.2 Å². The quantitative estimate of drug-likeness (QED) is 0.503. The maximum atomic E-state index is 5.73. The summed E-state index contributed by atoms with van der Waals surface area (Å²) in [5, 5.41) is 6.94. The van der Waals surface area contributed by atoms with E-state index >= 15 is 0 Å². The van der Waals surface area contributed by atoms with Crippen LogP contribution in [-0.4, -0.2) is 28.1 Å². The fourth-order valence-corrected chi connectivity index (χ4v) is 4.15. The van der Waals surface area contributed by atoms with Crippen LogP contribution in [0.2, 0.25) is 0 Å².